The van der Waals surface area contributed by atoms with Crippen LogP contribution in [0.15, 0.2) is 18.2 Å². The second-order valence-electron chi connectivity index (χ2n) is 5.16. The standard InChI is InChI=1S/C15H19ClN2/c1-3-15(4-2)7-8-18(11-15)14-6-5-12(10-17)9-13(14)16/h5-6,9H,3-4,7-8,11H2,1-2H3. The van der Waals surface area contributed by atoms with Crippen LogP contribution in [-0.2, 0) is 0 Å². The summed E-state index contributed by atoms with van der Waals surface area (Å²) in [6.45, 7) is 6.68. The fourth-order valence-corrected chi connectivity index (χ4v) is 3.10. The lowest BCUT2D eigenvalue weighted by atomic mass is 9.82. The Balaban J connectivity index is 2.22. The van der Waals surface area contributed by atoms with Gasteiger partial charge in [0.25, 0.3) is 0 Å². The Kier molecular flexibility index (Phi) is 3.82. The number of benzene rings is 1. The summed E-state index contributed by atoms with van der Waals surface area (Å²) >= 11 is 6.27. The Bertz CT molecular complexity index is 472. The molecule has 3 heteroatoms. The van der Waals surface area contributed by atoms with Gasteiger partial charge in [-0.15, -0.1) is 0 Å². The molecular formula is C15H19ClN2. The first-order valence-electron chi connectivity index (χ1n) is 6.59. The summed E-state index contributed by atoms with van der Waals surface area (Å²) in [4.78, 5) is 2.36. The molecule has 0 radical (unpaired) electrons. The summed E-state index contributed by atoms with van der Waals surface area (Å²) in [5, 5.41) is 9.55. The average Bonchev–Trinajstić information content (AvgIpc) is 2.83. The molecule has 0 bridgehead atoms. The SMILES string of the molecule is CCC1(CC)CCN(c2ccc(C#N)cc2Cl)C1. The smallest absolute Gasteiger partial charge is 0.0992 e. The van der Waals surface area contributed by atoms with Gasteiger partial charge in [-0.1, -0.05) is 25.4 Å². The molecular weight excluding hydrogens is 244 g/mol. The van der Waals surface area contributed by atoms with Crippen LogP contribution in [0.4, 0.5) is 5.69 Å². The van der Waals surface area contributed by atoms with Crippen LogP contribution in [0, 0.1) is 16.7 Å². The van der Waals surface area contributed by atoms with Crippen LogP contribution in [-0.4, -0.2) is 13.1 Å². The first-order valence-corrected chi connectivity index (χ1v) is 6.96. The molecule has 0 atom stereocenters. The molecule has 1 aliphatic rings. The van der Waals surface area contributed by atoms with Gasteiger partial charge < -0.3 is 4.90 Å². The van der Waals surface area contributed by atoms with Gasteiger partial charge in [-0.25, -0.2) is 0 Å². The van der Waals surface area contributed by atoms with E-state index >= 15 is 0 Å². The maximum atomic E-state index is 8.86. The van der Waals surface area contributed by atoms with Gasteiger partial charge in [-0.2, -0.15) is 5.26 Å². The molecule has 1 heterocycles. The number of hydrogen-bond acceptors (Lipinski definition) is 2. The zero-order valence-electron chi connectivity index (χ0n) is 11.0. The maximum Gasteiger partial charge on any atom is 0.0992 e. The normalized spacial score (nSPS) is 17.8. The monoisotopic (exact) mass is 262 g/mol. The van der Waals surface area contributed by atoms with E-state index in [9.17, 15) is 0 Å². The molecule has 0 aromatic heterocycles. The van der Waals surface area contributed by atoms with Gasteiger partial charge in [-0.3, -0.25) is 0 Å². The first kappa shape index (κ1) is 13.2. The van der Waals surface area contributed by atoms with E-state index in [-0.39, 0.29) is 0 Å². The van der Waals surface area contributed by atoms with Crippen LogP contribution in [0.1, 0.15) is 38.7 Å². The fourth-order valence-electron chi connectivity index (χ4n) is 2.80. The van der Waals surface area contributed by atoms with Crippen molar-refractivity contribution in [2.75, 3.05) is 18.0 Å². The van der Waals surface area contributed by atoms with Crippen molar-refractivity contribution in [2.24, 2.45) is 5.41 Å². The number of halogens is 1. The number of anilines is 1. The molecule has 1 aliphatic heterocycles. The summed E-state index contributed by atoms with van der Waals surface area (Å²) in [7, 11) is 0. The molecule has 0 saturated carbocycles. The molecule has 0 unspecified atom stereocenters. The molecule has 18 heavy (non-hydrogen) atoms. The van der Waals surface area contributed by atoms with E-state index < -0.39 is 0 Å². The molecule has 0 aliphatic carbocycles. The van der Waals surface area contributed by atoms with Crippen molar-refractivity contribution in [2.45, 2.75) is 33.1 Å². The Labute approximate surface area is 114 Å². The minimum absolute atomic E-state index is 0.442. The molecule has 0 amide bonds. The van der Waals surface area contributed by atoms with Crippen LogP contribution in [0.2, 0.25) is 5.02 Å². The first-order chi connectivity index (χ1) is 8.64. The van der Waals surface area contributed by atoms with Gasteiger partial charge in [0.1, 0.15) is 0 Å². The van der Waals surface area contributed by atoms with Crippen molar-refractivity contribution >= 4 is 17.3 Å². The maximum absolute atomic E-state index is 8.86. The zero-order valence-corrected chi connectivity index (χ0v) is 11.8. The minimum atomic E-state index is 0.442. The molecule has 1 aromatic rings. The molecule has 1 saturated heterocycles. The average molecular weight is 263 g/mol. The molecule has 1 fully saturated rings. The number of rotatable bonds is 3. The second-order valence-corrected chi connectivity index (χ2v) is 5.56. The predicted molar refractivity (Wildman–Crippen MR) is 76.0 cm³/mol. The van der Waals surface area contributed by atoms with Crippen LogP contribution in [0.25, 0.3) is 0 Å². The van der Waals surface area contributed by atoms with Crippen LogP contribution in [0.5, 0.6) is 0 Å². The number of nitrogens with zero attached hydrogens (tertiary/aromatic N) is 2. The van der Waals surface area contributed by atoms with E-state index in [0.717, 1.165) is 18.8 Å². The van der Waals surface area contributed by atoms with Gasteiger partial charge in [0, 0.05) is 13.1 Å². The lowest BCUT2D eigenvalue weighted by Gasteiger charge is -2.27. The molecule has 2 nitrogen and oxygen atoms in total. The lowest BCUT2D eigenvalue weighted by molar-refractivity contribution is 0.301. The summed E-state index contributed by atoms with van der Waals surface area (Å²) < 4.78 is 0. The van der Waals surface area contributed by atoms with Crippen molar-refractivity contribution in [1.29, 1.82) is 5.26 Å². The third-order valence-electron chi connectivity index (χ3n) is 4.36. The van der Waals surface area contributed by atoms with Gasteiger partial charge in [0.05, 0.1) is 22.3 Å². The summed E-state index contributed by atoms with van der Waals surface area (Å²) in [6, 6.07) is 7.70. The largest absolute Gasteiger partial charge is 0.370 e. The molecule has 1 aromatic carbocycles. The van der Waals surface area contributed by atoms with Crippen molar-refractivity contribution in [3.8, 4) is 6.07 Å². The van der Waals surface area contributed by atoms with Gasteiger partial charge in [-0.05, 0) is 42.9 Å². The highest BCUT2D eigenvalue weighted by Gasteiger charge is 2.35. The summed E-state index contributed by atoms with van der Waals surface area (Å²) in [6.07, 6.45) is 3.66. The van der Waals surface area contributed by atoms with Gasteiger partial charge in [0.2, 0.25) is 0 Å². The number of nitriles is 1. The van der Waals surface area contributed by atoms with E-state index in [1.807, 2.05) is 12.1 Å². The van der Waals surface area contributed by atoms with E-state index in [1.165, 1.54) is 19.3 Å². The third kappa shape index (κ3) is 2.33. The van der Waals surface area contributed by atoms with E-state index in [2.05, 4.69) is 24.8 Å². The van der Waals surface area contributed by atoms with Crippen LogP contribution in [0.3, 0.4) is 0 Å². The predicted octanol–water partition coefficient (Wildman–Crippen LogP) is 4.23. The summed E-state index contributed by atoms with van der Waals surface area (Å²) in [5.41, 5.74) is 2.14. The van der Waals surface area contributed by atoms with Crippen molar-refractivity contribution in [3.05, 3.63) is 28.8 Å². The highest BCUT2D eigenvalue weighted by Crippen LogP contribution is 2.40. The van der Waals surface area contributed by atoms with E-state index in [4.69, 9.17) is 16.9 Å². The van der Waals surface area contributed by atoms with E-state index in [0.29, 0.717) is 16.0 Å². The molecule has 96 valence electrons. The van der Waals surface area contributed by atoms with Gasteiger partial charge in [0.15, 0.2) is 0 Å². The zero-order chi connectivity index (χ0) is 13.2. The van der Waals surface area contributed by atoms with Crippen LogP contribution >= 0.6 is 11.6 Å². The summed E-state index contributed by atoms with van der Waals surface area (Å²) in [5.74, 6) is 0. The Morgan fingerprint density at radius 1 is 1.39 bits per heavy atom. The van der Waals surface area contributed by atoms with Crippen molar-refractivity contribution in [1.82, 2.24) is 0 Å². The second kappa shape index (κ2) is 5.20. The Morgan fingerprint density at radius 2 is 2.11 bits per heavy atom. The highest BCUT2D eigenvalue weighted by atomic mass is 35.5. The lowest BCUT2D eigenvalue weighted by Crippen LogP contribution is -2.26. The number of hydrogen-bond donors (Lipinski definition) is 0. The Morgan fingerprint density at radius 3 is 2.61 bits per heavy atom. The van der Waals surface area contributed by atoms with Gasteiger partial charge >= 0.3 is 0 Å². The molecule has 2 rings (SSSR count). The quantitative estimate of drug-likeness (QED) is 0.815. The van der Waals surface area contributed by atoms with E-state index in [1.54, 1.807) is 6.07 Å². The highest BCUT2D eigenvalue weighted by molar-refractivity contribution is 6.33. The topological polar surface area (TPSA) is 27.0 Å². The third-order valence-corrected chi connectivity index (χ3v) is 4.66. The van der Waals surface area contributed by atoms with Crippen molar-refractivity contribution in [3.63, 3.8) is 0 Å². The molecule has 0 spiro atoms. The molecule has 0 N–H and O–H groups in total. The fraction of sp³-hybridized carbons (Fsp3) is 0.533. The Hall–Kier alpha value is -1.20. The van der Waals surface area contributed by atoms with Crippen LogP contribution < -0.4 is 4.90 Å². The minimum Gasteiger partial charge on any atom is -0.370 e. The van der Waals surface area contributed by atoms with Crippen molar-refractivity contribution < 1.29 is 0 Å².